The van der Waals surface area contributed by atoms with Gasteiger partial charge in [0.15, 0.2) is 0 Å². The molecule has 2 aromatic rings. The minimum Gasteiger partial charge on any atom is -0.506 e. The zero-order valence-electron chi connectivity index (χ0n) is 15.4. The molecule has 0 aliphatic carbocycles. The summed E-state index contributed by atoms with van der Waals surface area (Å²) in [4.78, 5) is 41.4. The average molecular weight is 380 g/mol. The van der Waals surface area contributed by atoms with E-state index in [2.05, 4.69) is 5.32 Å². The van der Waals surface area contributed by atoms with Gasteiger partial charge in [0, 0.05) is 38.9 Å². The van der Waals surface area contributed by atoms with Crippen LogP contribution >= 0.6 is 0 Å². The molecule has 2 heterocycles. The molecule has 0 saturated carbocycles. The molecule has 0 radical (unpaired) electrons. The fourth-order valence-electron chi connectivity index (χ4n) is 3.52. The number of rotatable bonds is 2. The first-order valence-electron chi connectivity index (χ1n) is 9.01. The number of hydrogen-bond donors (Lipinski definition) is 2. The van der Waals surface area contributed by atoms with E-state index in [-0.39, 0.29) is 23.6 Å². The van der Waals surface area contributed by atoms with Gasteiger partial charge in [-0.15, -0.1) is 0 Å². The van der Waals surface area contributed by atoms with Gasteiger partial charge in [-0.05, 0) is 30.3 Å². The molecule has 1 fully saturated rings. The van der Waals surface area contributed by atoms with Crippen LogP contribution in [-0.4, -0.2) is 66.0 Å². The number of urea groups is 1. The lowest BCUT2D eigenvalue weighted by Gasteiger charge is -2.36. The first-order chi connectivity index (χ1) is 13.5. The van der Waals surface area contributed by atoms with Crippen molar-refractivity contribution in [1.29, 1.82) is 0 Å². The van der Waals surface area contributed by atoms with Gasteiger partial charge >= 0.3 is 6.03 Å². The predicted octanol–water partition coefficient (Wildman–Crippen LogP) is 1.97. The lowest BCUT2D eigenvalue weighted by molar-refractivity contribution is 0.0693. The third kappa shape index (κ3) is 3.02. The Bertz CT molecular complexity index is 966. The molecule has 0 spiro atoms. The summed E-state index contributed by atoms with van der Waals surface area (Å²) >= 11 is 0. The number of carbonyl (C=O) groups excluding carboxylic acids is 3. The van der Waals surface area contributed by atoms with Crippen LogP contribution in [0.5, 0.6) is 5.75 Å². The Morgan fingerprint density at radius 3 is 2.36 bits per heavy atom. The van der Waals surface area contributed by atoms with Crippen LogP contribution in [-0.2, 0) is 0 Å². The Morgan fingerprint density at radius 2 is 1.64 bits per heavy atom. The summed E-state index contributed by atoms with van der Waals surface area (Å²) in [5.41, 5.74) is 1.88. The number of phenols is 1. The van der Waals surface area contributed by atoms with Gasteiger partial charge in [-0.3, -0.25) is 14.5 Å². The third-order valence-electron chi connectivity index (χ3n) is 5.13. The first kappa shape index (κ1) is 17.8. The molecule has 28 heavy (non-hydrogen) atoms. The Hall–Kier alpha value is -3.55. The second-order valence-corrected chi connectivity index (χ2v) is 6.82. The van der Waals surface area contributed by atoms with Crippen LogP contribution in [0, 0.1) is 0 Å². The summed E-state index contributed by atoms with van der Waals surface area (Å²) < 4.78 is 0. The van der Waals surface area contributed by atoms with Crippen molar-refractivity contribution in [2.24, 2.45) is 0 Å². The molecule has 0 bridgehead atoms. The molecule has 4 amide bonds. The minimum atomic E-state index is -0.368. The van der Waals surface area contributed by atoms with Crippen molar-refractivity contribution in [2.45, 2.75) is 0 Å². The lowest BCUT2D eigenvalue weighted by atomic mass is 10.1. The maximum atomic E-state index is 12.6. The van der Waals surface area contributed by atoms with Crippen LogP contribution in [0.4, 0.5) is 16.2 Å². The van der Waals surface area contributed by atoms with Crippen molar-refractivity contribution in [3.63, 3.8) is 0 Å². The number of benzene rings is 2. The molecular weight excluding hydrogens is 360 g/mol. The van der Waals surface area contributed by atoms with E-state index in [1.807, 2.05) is 17.0 Å². The molecule has 8 heteroatoms. The Balaban J connectivity index is 1.40. The zero-order valence-corrected chi connectivity index (χ0v) is 15.4. The number of para-hydroxylation sites is 2. The van der Waals surface area contributed by atoms with Crippen molar-refractivity contribution in [3.8, 4) is 5.75 Å². The van der Waals surface area contributed by atoms with Crippen molar-refractivity contribution < 1.29 is 19.5 Å². The fraction of sp³-hybridized carbons (Fsp3) is 0.250. The molecule has 2 N–H and O–H groups in total. The summed E-state index contributed by atoms with van der Waals surface area (Å²) in [5, 5.41) is 12.8. The van der Waals surface area contributed by atoms with E-state index in [9.17, 15) is 19.5 Å². The number of imide groups is 1. The highest BCUT2D eigenvalue weighted by molar-refractivity contribution is 6.21. The standard InChI is InChI=1S/C20H20N4O4/c1-22-18(26)14-7-6-13(12-15(14)19(22)27)21-20(28)24-10-8-23(9-11-24)16-4-2-3-5-17(16)25/h2-7,12,25H,8-11H2,1H3,(H,21,28). The summed E-state index contributed by atoms with van der Waals surface area (Å²) in [6.07, 6.45) is 0. The summed E-state index contributed by atoms with van der Waals surface area (Å²) in [7, 11) is 1.44. The number of anilines is 2. The number of aromatic hydroxyl groups is 1. The van der Waals surface area contributed by atoms with E-state index in [0.717, 1.165) is 10.6 Å². The molecule has 0 atom stereocenters. The van der Waals surface area contributed by atoms with Gasteiger partial charge in [0.25, 0.3) is 11.8 Å². The molecule has 144 valence electrons. The number of nitrogens with zero attached hydrogens (tertiary/aromatic N) is 3. The first-order valence-corrected chi connectivity index (χ1v) is 9.01. The SMILES string of the molecule is CN1C(=O)c2ccc(NC(=O)N3CCN(c4ccccc4O)CC3)cc2C1=O. The molecule has 2 aliphatic heterocycles. The maximum Gasteiger partial charge on any atom is 0.321 e. The molecule has 4 rings (SSSR count). The van der Waals surface area contributed by atoms with Crippen molar-refractivity contribution in [3.05, 3.63) is 53.6 Å². The van der Waals surface area contributed by atoms with E-state index in [1.54, 1.807) is 29.2 Å². The van der Waals surface area contributed by atoms with Gasteiger partial charge in [-0.1, -0.05) is 12.1 Å². The van der Waals surface area contributed by atoms with Crippen LogP contribution in [0.1, 0.15) is 20.7 Å². The van der Waals surface area contributed by atoms with Crippen molar-refractivity contribution >= 4 is 29.2 Å². The van der Waals surface area contributed by atoms with Crippen molar-refractivity contribution in [2.75, 3.05) is 43.4 Å². The normalized spacial score (nSPS) is 16.4. The number of hydrogen-bond acceptors (Lipinski definition) is 5. The predicted molar refractivity (Wildman–Crippen MR) is 104 cm³/mol. The van der Waals surface area contributed by atoms with Crippen LogP contribution < -0.4 is 10.2 Å². The summed E-state index contributed by atoms with van der Waals surface area (Å²) in [6.45, 7) is 2.22. The topological polar surface area (TPSA) is 93.2 Å². The van der Waals surface area contributed by atoms with Gasteiger partial charge in [0.05, 0.1) is 16.8 Å². The number of carbonyl (C=O) groups is 3. The van der Waals surface area contributed by atoms with Gasteiger partial charge in [-0.25, -0.2) is 4.79 Å². The van der Waals surface area contributed by atoms with Gasteiger partial charge in [0.1, 0.15) is 5.75 Å². The highest BCUT2D eigenvalue weighted by atomic mass is 16.3. The number of phenolic OH excluding ortho intramolecular Hbond substituents is 1. The summed E-state index contributed by atoms with van der Waals surface area (Å²) in [6, 6.07) is 11.6. The maximum absolute atomic E-state index is 12.6. The largest absolute Gasteiger partial charge is 0.506 e. The lowest BCUT2D eigenvalue weighted by Crippen LogP contribution is -2.50. The average Bonchev–Trinajstić information content (AvgIpc) is 2.92. The van der Waals surface area contributed by atoms with Gasteiger partial charge in [-0.2, -0.15) is 0 Å². The second kappa shape index (κ2) is 6.88. The Kier molecular flexibility index (Phi) is 4.38. The minimum absolute atomic E-state index is 0.225. The number of piperazine rings is 1. The highest BCUT2D eigenvalue weighted by Gasteiger charge is 2.33. The molecule has 0 unspecified atom stereocenters. The monoisotopic (exact) mass is 380 g/mol. The Labute approximate surface area is 162 Å². The number of amides is 4. The van der Waals surface area contributed by atoms with E-state index in [4.69, 9.17) is 0 Å². The molecular formula is C20H20N4O4. The van der Waals surface area contributed by atoms with E-state index in [0.29, 0.717) is 43.0 Å². The Morgan fingerprint density at radius 1 is 0.964 bits per heavy atom. The molecule has 2 aromatic carbocycles. The quantitative estimate of drug-likeness (QED) is 0.777. The van der Waals surface area contributed by atoms with E-state index < -0.39 is 0 Å². The number of fused-ring (bicyclic) bond motifs is 1. The molecule has 1 saturated heterocycles. The van der Waals surface area contributed by atoms with Crippen LogP contribution in [0.25, 0.3) is 0 Å². The van der Waals surface area contributed by atoms with Crippen LogP contribution in [0.3, 0.4) is 0 Å². The summed E-state index contributed by atoms with van der Waals surface area (Å²) in [5.74, 6) is -0.478. The van der Waals surface area contributed by atoms with E-state index >= 15 is 0 Å². The molecule has 2 aliphatic rings. The van der Waals surface area contributed by atoms with Crippen LogP contribution in [0.2, 0.25) is 0 Å². The highest BCUT2D eigenvalue weighted by Crippen LogP contribution is 2.28. The molecule has 8 nitrogen and oxygen atoms in total. The second-order valence-electron chi connectivity index (χ2n) is 6.82. The third-order valence-corrected chi connectivity index (χ3v) is 5.13. The zero-order chi connectivity index (χ0) is 19.8. The van der Waals surface area contributed by atoms with Gasteiger partial charge < -0.3 is 20.2 Å². The fourth-order valence-corrected chi connectivity index (χ4v) is 3.52. The number of nitrogens with one attached hydrogen (secondary N) is 1. The van der Waals surface area contributed by atoms with Crippen molar-refractivity contribution in [1.82, 2.24) is 9.80 Å². The molecule has 0 aromatic heterocycles. The van der Waals surface area contributed by atoms with Crippen LogP contribution in [0.15, 0.2) is 42.5 Å². The smallest absolute Gasteiger partial charge is 0.321 e. The van der Waals surface area contributed by atoms with E-state index in [1.165, 1.54) is 13.1 Å². The van der Waals surface area contributed by atoms with Gasteiger partial charge in [0.2, 0.25) is 0 Å².